The normalized spacial score (nSPS) is 23.0. The summed E-state index contributed by atoms with van der Waals surface area (Å²) in [4.78, 5) is 2.21. The van der Waals surface area contributed by atoms with Gasteiger partial charge in [-0.1, -0.05) is 12.1 Å². The number of nitrogens with two attached hydrogens (primary N) is 1. The van der Waals surface area contributed by atoms with Crippen LogP contribution in [0.25, 0.3) is 0 Å². The van der Waals surface area contributed by atoms with E-state index in [9.17, 15) is 8.78 Å². The third-order valence-corrected chi connectivity index (χ3v) is 4.47. The molecule has 1 aliphatic rings. The van der Waals surface area contributed by atoms with E-state index in [-0.39, 0.29) is 12.1 Å². The predicted octanol–water partition coefficient (Wildman–Crippen LogP) is 1.88. The van der Waals surface area contributed by atoms with Gasteiger partial charge in [0, 0.05) is 30.1 Å². The van der Waals surface area contributed by atoms with E-state index in [1.54, 1.807) is 6.07 Å². The summed E-state index contributed by atoms with van der Waals surface area (Å²) in [5, 5.41) is 0. The second-order valence-corrected chi connectivity index (χ2v) is 5.85. The molecule has 0 spiro atoms. The summed E-state index contributed by atoms with van der Waals surface area (Å²) in [7, 11) is 2.03. The third-order valence-electron chi connectivity index (χ3n) is 3.42. The zero-order valence-electron chi connectivity index (χ0n) is 10.4. The molecule has 2 atom stereocenters. The molecule has 0 saturated carbocycles. The lowest BCUT2D eigenvalue weighted by Gasteiger charge is -2.36. The number of hydrogen-bond donors (Lipinski definition) is 1. The van der Waals surface area contributed by atoms with E-state index in [4.69, 9.17) is 5.73 Å². The lowest BCUT2D eigenvalue weighted by atomic mass is 9.99. The maximum absolute atomic E-state index is 13.6. The van der Waals surface area contributed by atoms with Gasteiger partial charge in [0.2, 0.25) is 0 Å². The van der Waals surface area contributed by atoms with Crippen molar-refractivity contribution in [2.45, 2.75) is 18.5 Å². The average molecular weight is 272 g/mol. The number of thioether (sulfide) groups is 1. The monoisotopic (exact) mass is 272 g/mol. The van der Waals surface area contributed by atoms with Crippen LogP contribution >= 0.6 is 11.8 Å². The Labute approximate surface area is 111 Å². The molecule has 2 unspecified atom stereocenters. The Bertz CT molecular complexity index is 414. The van der Waals surface area contributed by atoms with Crippen LogP contribution in [-0.2, 0) is 6.42 Å². The van der Waals surface area contributed by atoms with E-state index in [2.05, 4.69) is 4.90 Å². The van der Waals surface area contributed by atoms with E-state index < -0.39 is 11.6 Å². The number of hydrogen-bond acceptors (Lipinski definition) is 3. The molecule has 1 fully saturated rings. The summed E-state index contributed by atoms with van der Waals surface area (Å²) in [5.41, 5.74) is 6.51. The average Bonchev–Trinajstić information content (AvgIpc) is 2.35. The highest BCUT2D eigenvalue weighted by molar-refractivity contribution is 7.99. The minimum absolute atomic E-state index is 0.168. The second-order valence-electron chi connectivity index (χ2n) is 4.70. The molecule has 5 heteroatoms. The third kappa shape index (κ3) is 3.02. The van der Waals surface area contributed by atoms with Crippen LogP contribution in [0, 0.1) is 11.6 Å². The van der Waals surface area contributed by atoms with Crippen LogP contribution in [0.1, 0.15) is 5.56 Å². The maximum atomic E-state index is 13.6. The van der Waals surface area contributed by atoms with E-state index in [1.165, 1.54) is 6.07 Å². The molecular weight excluding hydrogens is 254 g/mol. The fourth-order valence-corrected chi connectivity index (χ4v) is 3.58. The molecule has 1 saturated heterocycles. The zero-order valence-corrected chi connectivity index (χ0v) is 11.2. The summed E-state index contributed by atoms with van der Waals surface area (Å²) < 4.78 is 26.7. The summed E-state index contributed by atoms with van der Waals surface area (Å²) in [6.07, 6.45) is 0.374. The van der Waals surface area contributed by atoms with Gasteiger partial charge in [0.05, 0.1) is 0 Å². The van der Waals surface area contributed by atoms with Gasteiger partial charge in [0.1, 0.15) is 0 Å². The van der Waals surface area contributed by atoms with E-state index in [0.717, 1.165) is 24.1 Å². The Morgan fingerprint density at radius 1 is 1.50 bits per heavy atom. The van der Waals surface area contributed by atoms with Crippen molar-refractivity contribution >= 4 is 11.8 Å². The Morgan fingerprint density at radius 3 is 3.00 bits per heavy atom. The molecule has 1 aromatic carbocycles. The van der Waals surface area contributed by atoms with Crippen molar-refractivity contribution < 1.29 is 8.78 Å². The SMILES string of the molecule is CN1CCSCC1C(N)Cc1cccc(F)c1F. The predicted molar refractivity (Wildman–Crippen MR) is 71.8 cm³/mol. The summed E-state index contributed by atoms with van der Waals surface area (Å²) in [6, 6.07) is 4.33. The smallest absolute Gasteiger partial charge is 0.162 e. The topological polar surface area (TPSA) is 29.3 Å². The lowest BCUT2D eigenvalue weighted by molar-refractivity contribution is 0.234. The Balaban J connectivity index is 2.06. The molecule has 1 aliphatic heterocycles. The number of rotatable bonds is 3. The van der Waals surface area contributed by atoms with Gasteiger partial charge >= 0.3 is 0 Å². The molecule has 0 radical (unpaired) electrons. The first-order valence-electron chi connectivity index (χ1n) is 6.06. The molecule has 1 heterocycles. The zero-order chi connectivity index (χ0) is 13.1. The molecule has 0 aliphatic carbocycles. The molecule has 2 rings (SSSR count). The van der Waals surface area contributed by atoms with Gasteiger partial charge < -0.3 is 10.6 Å². The summed E-state index contributed by atoms with van der Waals surface area (Å²) >= 11 is 1.86. The van der Waals surface area contributed by atoms with Crippen molar-refractivity contribution in [2.24, 2.45) is 5.73 Å². The molecule has 0 bridgehead atoms. The van der Waals surface area contributed by atoms with Gasteiger partial charge in [-0.15, -0.1) is 0 Å². The van der Waals surface area contributed by atoms with Crippen LogP contribution in [-0.4, -0.2) is 42.1 Å². The molecular formula is C13H18F2N2S. The fraction of sp³-hybridized carbons (Fsp3) is 0.538. The van der Waals surface area contributed by atoms with Gasteiger partial charge in [-0.2, -0.15) is 11.8 Å². The van der Waals surface area contributed by atoms with Gasteiger partial charge in [0.25, 0.3) is 0 Å². The van der Waals surface area contributed by atoms with Crippen molar-refractivity contribution in [1.82, 2.24) is 4.90 Å². The fourth-order valence-electron chi connectivity index (χ4n) is 2.25. The number of benzene rings is 1. The Kier molecular flexibility index (Phi) is 4.59. The molecule has 2 nitrogen and oxygen atoms in total. The lowest BCUT2D eigenvalue weighted by Crippen LogP contribution is -2.51. The minimum Gasteiger partial charge on any atom is -0.326 e. The highest BCUT2D eigenvalue weighted by Crippen LogP contribution is 2.20. The van der Waals surface area contributed by atoms with Crippen LogP contribution < -0.4 is 5.73 Å². The van der Waals surface area contributed by atoms with Crippen LogP contribution in [0.4, 0.5) is 8.78 Å². The second kappa shape index (κ2) is 5.99. The molecule has 0 amide bonds. The number of likely N-dealkylation sites (N-methyl/N-ethyl adjacent to an activating group) is 1. The molecule has 0 aromatic heterocycles. The quantitative estimate of drug-likeness (QED) is 0.911. The highest BCUT2D eigenvalue weighted by Gasteiger charge is 2.26. The molecule has 18 heavy (non-hydrogen) atoms. The van der Waals surface area contributed by atoms with Gasteiger partial charge in [-0.05, 0) is 25.1 Å². The summed E-state index contributed by atoms with van der Waals surface area (Å²) in [5.74, 6) is 0.493. The van der Waals surface area contributed by atoms with Crippen LogP contribution in [0.2, 0.25) is 0 Å². The van der Waals surface area contributed by atoms with E-state index in [0.29, 0.717) is 12.0 Å². The maximum Gasteiger partial charge on any atom is 0.162 e. The Hall–Kier alpha value is -0.650. The molecule has 1 aromatic rings. The van der Waals surface area contributed by atoms with Crippen molar-refractivity contribution in [2.75, 3.05) is 25.1 Å². The van der Waals surface area contributed by atoms with Crippen LogP contribution in [0.15, 0.2) is 18.2 Å². The van der Waals surface area contributed by atoms with Crippen molar-refractivity contribution in [3.8, 4) is 0 Å². The highest BCUT2D eigenvalue weighted by atomic mass is 32.2. The van der Waals surface area contributed by atoms with Crippen molar-refractivity contribution in [1.29, 1.82) is 0 Å². The van der Waals surface area contributed by atoms with Crippen LogP contribution in [0.3, 0.4) is 0 Å². The first kappa shape index (κ1) is 13.8. The van der Waals surface area contributed by atoms with Gasteiger partial charge in [-0.25, -0.2) is 8.78 Å². The van der Waals surface area contributed by atoms with Crippen LogP contribution in [0.5, 0.6) is 0 Å². The van der Waals surface area contributed by atoms with Crippen molar-refractivity contribution in [3.63, 3.8) is 0 Å². The molecule has 2 N–H and O–H groups in total. The first-order chi connectivity index (χ1) is 8.59. The standard InChI is InChI=1S/C13H18F2N2S/c1-17-5-6-18-8-12(17)11(16)7-9-3-2-4-10(14)13(9)15/h2-4,11-12H,5-8,16H2,1H3. The van der Waals surface area contributed by atoms with E-state index in [1.807, 2.05) is 18.8 Å². The first-order valence-corrected chi connectivity index (χ1v) is 7.21. The van der Waals surface area contributed by atoms with Crippen molar-refractivity contribution in [3.05, 3.63) is 35.4 Å². The van der Waals surface area contributed by atoms with E-state index >= 15 is 0 Å². The Morgan fingerprint density at radius 2 is 2.28 bits per heavy atom. The number of halogens is 2. The van der Waals surface area contributed by atoms with Gasteiger partial charge in [-0.3, -0.25) is 0 Å². The molecule has 100 valence electrons. The number of nitrogens with zero attached hydrogens (tertiary/aromatic N) is 1. The minimum atomic E-state index is -0.800. The summed E-state index contributed by atoms with van der Waals surface area (Å²) in [6.45, 7) is 0.995. The van der Waals surface area contributed by atoms with Gasteiger partial charge in [0.15, 0.2) is 11.6 Å². The largest absolute Gasteiger partial charge is 0.326 e.